The summed E-state index contributed by atoms with van der Waals surface area (Å²) in [5.74, 6) is 0.145. The van der Waals surface area contributed by atoms with Crippen LogP contribution in [0.3, 0.4) is 0 Å². The lowest BCUT2D eigenvalue weighted by Crippen LogP contribution is -2.29. The van der Waals surface area contributed by atoms with Gasteiger partial charge in [0.2, 0.25) is 0 Å². The monoisotopic (exact) mass is 402 g/mol. The standard InChI is InChI=1S/C22H27BrO2/c1-4-25-21(24)22(2,3)16-19(17-11-7-5-8-12-17)15-20(23)18-13-9-6-10-14-18/h5-14,19-20H,4,15-16H2,1-3H3. The van der Waals surface area contributed by atoms with Crippen LogP contribution in [0.15, 0.2) is 60.7 Å². The molecule has 0 aliphatic carbocycles. The van der Waals surface area contributed by atoms with E-state index in [9.17, 15) is 4.79 Å². The summed E-state index contributed by atoms with van der Waals surface area (Å²) in [5, 5.41) is 0. The molecule has 25 heavy (non-hydrogen) atoms. The molecule has 0 radical (unpaired) electrons. The molecule has 2 atom stereocenters. The highest BCUT2D eigenvalue weighted by Gasteiger charge is 2.33. The van der Waals surface area contributed by atoms with Crippen molar-refractivity contribution in [1.82, 2.24) is 0 Å². The predicted molar refractivity (Wildman–Crippen MR) is 107 cm³/mol. The van der Waals surface area contributed by atoms with Crippen molar-refractivity contribution in [3.8, 4) is 0 Å². The highest BCUT2D eigenvalue weighted by Crippen LogP contribution is 2.41. The summed E-state index contributed by atoms with van der Waals surface area (Å²) in [6.07, 6.45) is 1.68. The molecule has 2 unspecified atom stereocenters. The zero-order chi connectivity index (χ0) is 18.3. The van der Waals surface area contributed by atoms with Crippen LogP contribution >= 0.6 is 15.9 Å². The van der Waals surface area contributed by atoms with E-state index in [4.69, 9.17) is 4.74 Å². The summed E-state index contributed by atoms with van der Waals surface area (Å²) in [6.45, 7) is 6.23. The lowest BCUT2D eigenvalue weighted by atomic mass is 9.77. The molecule has 0 N–H and O–H groups in total. The molecule has 2 rings (SSSR count). The first-order valence-electron chi connectivity index (χ1n) is 8.85. The first kappa shape index (κ1) is 19.7. The molecule has 2 aromatic carbocycles. The number of alkyl halides is 1. The summed E-state index contributed by atoms with van der Waals surface area (Å²) in [4.78, 5) is 12.6. The second kappa shape index (κ2) is 9.19. The molecule has 0 heterocycles. The smallest absolute Gasteiger partial charge is 0.311 e. The van der Waals surface area contributed by atoms with Gasteiger partial charge in [-0.25, -0.2) is 0 Å². The van der Waals surface area contributed by atoms with Crippen LogP contribution in [-0.4, -0.2) is 12.6 Å². The van der Waals surface area contributed by atoms with Crippen molar-refractivity contribution in [2.45, 2.75) is 44.4 Å². The molecule has 2 nitrogen and oxygen atoms in total. The lowest BCUT2D eigenvalue weighted by molar-refractivity contribution is -0.154. The first-order valence-corrected chi connectivity index (χ1v) is 9.76. The summed E-state index contributed by atoms with van der Waals surface area (Å²) < 4.78 is 5.28. The van der Waals surface area contributed by atoms with E-state index in [1.807, 2.05) is 32.9 Å². The Morgan fingerprint density at radius 1 is 1.00 bits per heavy atom. The van der Waals surface area contributed by atoms with E-state index >= 15 is 0 Å². The van der Waals surface area contributed by atoms with E-state index in [-0.39, 0.29) is 16.7 Å². The molecule has 0 fully saturated rings. The SMILES string of the molecule is CCOC(=O)C(C)(C)CC(CC(Br)c1ccccc1)c1ccccc1. The molecule has 0 saturated carbocycles. The molecule has 134 valence electrons. The Morgan fingerprint density at radius 3 is 2.04 bits per heavy atom. The van der Waals surface area contributed by atoms with Gasteiger partial charge in [0, 0.05) is 4.83 Å². The zero-order valence-electron chi connectivity index (χ0n) is 15.2. The normalized spacial score (nSPS) is 13.9. The van der Waals surface area contributed by atoms with E-state index in [1.165, 1.54) is 11.1 Å². The molecule has 0 aliphatic heterocycles. The second-order valence-corrected chi connectivity index (χ2v) is 8.14. The highest BCUT2D eigenvalue weighted by molar-refractivity contribution is 9.09. The third-order valence-corrected chi connectivity index (χ3v) is 5.41. The Morgan fingerprint density at radius 2 is 1.52 bits per heavy atom. The van der Waals surface area contributed by atoms with Gasteiger partial charge in [-0.05, 0) is 50.7 Å². The summed E-state index contributed by atoms with van der Waals surface area (Å²) in [6, 6.07) is 20.9. The van der Waals surface area contributed by atoms with Gasteiger partial charge in [0.15, 0.2) is 0 Å². The number of halogens is 1. The van der Waals surface area contributed by atoms with Crippen molar-refractivity contribution < 1.29 is 9.53 Å². The van der Waals surface area contributed by atoms with Gasteiger partial charge in [0.25, 0.3) is 0 Å². The van der Waals surface area contributed by atoms with Gasteiger partial charge in [0.05, 0.1) is 12.0 Å². The van der Waals surface area contributed by atoms with Gasteiger partial charge in [-0.3, -0.25) is 4.79 Å². The fourth-order valence-corrected chi connectivity index (χ4v) is 3.89. The van der Waals surface area contributed by atoms with Gasteiger partial charge >= 0.3 is 5.97 Å². The second-order valence-electron chi connectivity index (χ2n) is 7.03. The Kier molecular flexibility index (Phi) is 7.24. The number of hydrogen-bond donors (Lipinski definition) is 0. The summed E-state index contributed by atoms with van der Waals surface area (Å²) in [7, 11) is 0. The molecule has 0 aromatic heterocycles. The van der Waals surface area contributed by atoms with Crippen molar-refractivity contribution in [3.63, 3.8) is 0 Å². The number of carbonyl (C=O) groups is 1. The Labute approximate surface area is 159 Å². The van der Waals surface area contributed by atoms with Crippen molar-refractivity contribution in [1.29, 1.82) is 0 Å². The number of esters is 1. The molecule has 0 aliphatic rings. The molecule has 0 saturated heterocycles. The molecule has 3 heteroatoms. The maximum Gasteiger partial charge on any atom is 0.311 e. The zero-order valence-corrected chi connectivity index (χ0v) is 16.8. The van der Waals surface area contributed by atoms with E-state index in [1.54, 1.807) is 0 Å². The molecule has 2 aromatic rings. The highest BCUT2D eigenvalue weighted by atomic mass is 79.9. The van der Waals surface area contributed by atoms with Crippen molar-refractivity contribution in [2.75, 3.05) is 6.61 Å². The van der Waals surface area contributed by atoms with Crippen LogP contribution in [0.25, 0.3) is 0 Å². The molecule has 0 bridgehead atoms. The minimum atomic E-state index is -0.514. The van der Waals surface area contributed by atoms with Crippen molar-refractivity contribution in [3.05, 3.63) is 71.8 Å². The first-order chi connectivity index (χ1) is 11.9. The van der Waals surface area contributed by atoms with Gasteiger partial charge in [-0.1, -0.05) is 76.6 Å². The van der Waals surface area contributed by atoms with Gasteiger partial charge in [0.1, 0.15) is 0 Å². The van der Waals surface area contributed by atoms with Crippen LogP contribution in [0, 0.1) is 5.41 Å². The number of hydrogen-bond acceptors (Lipinski definition) is 2. The fraction of sp³-hybridized carbons (Fsp3) is 0.409. The van der Waals surface area contributed by atoms with E-state index in [0.29, 0.717) is 6.61 Å². The third kappa shape index (κ3) is 5.71. The minimum Gasteiger partial charge on any atom is -0.466 e. The van der Waals surface area contributed by atoms with Gasteiger partial charge in [-0.15, -0.1) is 0 Å². The fourth-order valence-electron chi connectivity index (χ4n) is 3.14. The number of carbonyl (C=O) groups excluding carboxylic acids is 1. The van der Waals surface area contributed by atoms with Crippen molar-refractivity contribution >= 4 is 21.9 Å². The maximum atomic E-state index is 12.4. The molecule has 0 spiro atoms. The van der Waals surface area contributed by atoms with E-state index in [2.05, 4.69) is 64.5 Å². The number of benzene rings is 2. The predicted octanol–water partition coefficient (Wildman–Crippen LogP) is 6.28. The van der Waals surface area contributed by atoms with Crippen LogP contribution < -0.4 is 0 Å². The largest absolute Gasteiger partial charge is 0.466 e. The van der Waals surface area contributed by atoms with Crippen molar-refractivity contribution in [2.24, 2.45) is 5.41 Å². The summed E-state index contributed by atoms with van der Waals surface area (Å²) in [5.41, 5.74) is 2.01. The maximum absolute atomic E-state index is 12.4. The third-order valence-electron chi connectivity index (χ3n) is 4.51. The molecular formula is C22H27BrO2. The summed E-state index contributed by atoms with van der Waals surface area (Å²) >= 11 is 3.84. The molecule has 0 amide bonds. The topological polar surface area (TPSA) is 26.3 Å². The van der Waals surface area contributed by atoms with Crippen LogP contribution in [0.4, 0.5) is 0 Å². The number of ether oxygens (including phenoxy) is 1. The number of rotatable bonds is 8. The van der Waals surface area contributed by atoms with Crippen LogP contribution in [-0.2, 0) is 9.53 Å². The Balaban J connectivity index is 2.21. The van der Waals surface area contributed by atoms with Crippen LogP contribution in [0.5, 0.6) is 0 Å². The van der Waals surface area contributed by atoms with E-state index < -0.39 is 5.41 Å². The average molecular weight is 403 g/mol. The average Bonchev–Trinajstić information content (AvgIpc) is 2.62. The molecular weight excluding hydrogens is 376 g/mol. The van der Waals surface area contributed by atoms with Crippen LogP contribution in [0.2, 0.25) is 0 Å². The Hall–Kier alpha value is -1.61. The quantitative estimate of drug-likeness (QED) is 0.383. The minimum absolute atomic E-state index is 0.123. The lowest BCUT2D eigenvalue weighted by Gasteiger charge is -2.29. The van der Waals surface area contributed by atoms with Crippen LogP contribution in [0.1, 0.15) is 55.5 Å². The van der Waals surface area contributed by atoms with Gasteiger partial charge in [-0.2, -0.15) is 0 Å². The van der Waals surface area contributed by atoms with Gasteiger partial charge < -0.3 is 4.74 Å². The Bertz CT molecular complexity index is 652. The van der Waals surface area contributed by atoms with E-state index in [0.717, 1.165) is 12.8 Å².